The molecule has 0 aliphatic heterocycles. The van der Waals surface area contributed by atoms with E-state index in [1.807, 2.05) is 36.4 Å². The first kappa shape index (κ1) is 15.0. The standard InChI is InChI=1S/C17H19BrFN/c1-2-3-7-16(13-9-11-14(19)12-10-13)20-17-8-5-4-6-15(17)18/h4-6,8-12,16,20H,2-3,7H2,1H3. The Balaban J connectivity index is 2.19. The third-order valence-electron chi connectivity index (χ3n) is 3.32. The van der Waals surface area contributed by atoms with Crippen LogP contribution in [0.2, 0.25) is 0 Å². The van der Waals surface area contributed by atoms with Crippen LogP contribution in [0.4, 0.5) is 10.1 Å². The fourth-order valence-electron chi connectivity index (χ4n) is 2.19. The van der Waals surface area contributed by atoms with Crippen molar-refractivity contribution in [1.29, 1.82) is 0 Å². The van der Waals surface area contributed by atoms with Gasteiger partial charge in [0.05, 0.1) is 6.04 Å². The van der Waals surface area contributed by atoms with Gasteiger partial charge in [0.15, 0.2) is 0 Å². The zero-order valence-electron chi connectivity index (χ0n) is 11.6. The second-order valence-electron chi connectivity index (χ2n) is 4.87. The van der Waals surface area contributed by atoms with E-state index in [2.05, 4.69) is 28.2 Å². The van der Waals surface area contributed by atoms with E-state index in [9.17, 15) is 4.39 Å². The molecule has 0 fully saturated rings. The molecule has 0 radical (unpaired) electrons. The molecule has 0 heterocycles. The number of rotatable bonds is 6. The van der Waals surface area contributed by atoms with Crippen LogP contribution in [0.1, 0.15) is 37.8 Å². The first-order valence-corrected chi connectivity index (χ1v) is 7.76. The zero-order valence-corrected chi connectivity index (χ0v) is 13.2. The highest BCUT2D eigenvalue weighted by molar-refractivity contribution is 9.10. The molecule has 1 nitrogen and oxygen atoms in total. The molecule has 0 aromatic heterocycles. The van der Waals surface area contributed by atoms with Crippen LogP contribution >= 0.6 is 15.9 Å². The summed E-state index contributed by atoms with van der Waals surface area (Å²) in [6.45, 7) is 2.18. The van der Waals surface area contributed by atoms with Gasteiger partial charge in [0.1, 0.15) is 5.82 Å². The molecular formula is C17H19BrFN. The monoisotopic (exact) mass is 335 g/mol. The second-order valence-corrected chi connectivity index (χ2v) is 5.72. The Kier molecular flexibility index (Phi) is 5.60. The van der Waals surface area contributed by atoms with Crippen molar-refractivity contribution in [2.75, 3.05) is 5.32 Å². The first-order valence-electron chi connectivity index (χ1n) is 6.97. The molecule has 2 rings (SSSR count). The summed E-state index contributed by atoms with van der Waals surface area (Å²) in [5.74, 6) is -0.191. The molecule has 0 amide bonds. The van der Waals surface area contributed by atoms with E-state index in [0.29, 0.717) is 0 Å². The lowest BCUT2D eigenvalue weighted by Gasteiger charge is -2.21. The molecule has 20 heavy (non-hydrogen) atoms. The number of unbranched alkanes of at least 4 members (excludes halogenated alkanes) is 1. The molecule has 0 aliphatic rings. The number of nitrogens with one attached hydrogen (secondary N) is 1. The lowest BCUT2D eigenvalue weighted by atomic mass is 10.0. The quantitative estimate of drug-likeness (QED) is 0.689. The molecule has 2 aromatic rings. The lowest BCUT2D eigenvalue weighted by molar-refractivity contribution is 0.616. The second kappa shape index (κ2) is 7.44. The van der Waals surface area contributed by atoms with Gasteiger partial charge < -0.3 is 5.32 Å². The highest BCUT2D eigenvalue weighted by Crippen LogP contribution is 2.29. The van der Waals surface area contributed by atoms with E-state index >= 15 is 0 Å². The summed E-state index contributed by atoms with van der Waals surface area (Å²) < 4.78 is 14.1. The van der Waals surface area contributed by atoms with Crippen LogP contribution in [0.25, 0.3) is 0 Å². The maximum Gasteiger partial charge on any atom is 0.123 e. The van der Waals surface area contributed by atoms with Crippen LogP contribution in [-0.4, -0.2) is 0 Å². The maximum absolute atomic E-state index is 13.1. The first-order chi connectivity index (χ1) is 9.70. The van der Waals surface area contributed by atoms with Crippen molar-refractivity contribution in [1.82, 2.24) is 0 Å². The van der Waals surface area contributed by atoms with Crippen LogP contribution in [0.3, 0.4) is 0 Å². The SMILES string of the molecule is CCCCC(Nc1ccccc1Br)c1ccc(F)cc1. The number of hydrogen-bond donors (Lipinski definition) is 1. The van der Waals surface area contributed by atoms with Crippen molar-refractivity contribution < 1.29 is 4.39 Å². The van der Waals surface area contributed by atoms with E-state index in [0.717, 1.165) is 35.0 Å². The normalized spacial score (nSPS) is 12.2. The van der Waals surface area contributed by atoms with E-state index in [-0.39, 0.29) is 11.9 Å². The van der Waals surface area contributed by atoms with Crippen molar-refractivity contribution in [3.8, 4) is 0 Å². The molecule has 0 aliphatic carbocycles. The van der Waals surface area contributed by atoms with E-state index < -0.39 is 0 Å². The van der Waals surface area contributed by atoms with E-state index in [1.54, 1.807) is 0 Å². The van der Waals surface area contributed by atoms with Gasteiger partial charge in [-0.1, -0.05) is 44.0 Å². The summed E-state index contributed by atoms with van der Waals surface area (Å²) in [6, 6.07) is 15.0. The average Bonchev–Trinajstić information content (AvgIpc) is 2.46. The van der Waals surface area contributed by atoms with Crippen LogP contribution in [-0.2, 0) is 0 Å². The highest BCUT2D eigenvalue weighted by Gasteiger charge is 2.12. The molecular weight excluding hydrogens is 317 g/mol. The van der Waals surface area contributed by atoms with Gasteiger partial charge in [0.25, 0.3) is 0 Å². The summed E-state index contributed by atoms with van der Waals surface area (Å²) in [7, 11) is 0. The molecule has 0 saturated heterocycles. The molecule has 3 heteroatoms. The minimum Gasteiger partial charge on any atom is -0.377 e. The van der Waals surface area contributed by atoms with Gasteiger partial charge in [-0.25, -0.2) is 4.39 Å². The highest BCUT2D eigenvalue weighted by atomic mass is 79.9. The van der Waals surface area contributed by atoms with Gasteiger partial charge in [-0.05, 0) is 52.2 Å². The lowest BCUT2D eigenvalue weighted by Crippen LogP contribution is -2.11. The van der Waals surface area contributed by atoms with Gasteiger partial charge in [-0.3, -0.25) is 0 Å². The smallest absolute Gasteiger partial charge is 0.123 e. The van der Waals surface area contributed by atoms with Crippen LogP contribution < -0.4 is 5.32 Å². The Morgan fingerprint density at radius 2 is 1.80 bits per heavy atom. The summed E-state index contributed by atoms with van der Waals surface area (Å²) >= 11 is 3.55. The molecule has 2 aromatic carbocycles. The Bertz CT molecular complexity index is 539. The summed E-state index contributed by atoms with van der Waals surface area (Å²) in [5, 5.41) is 3.55. The van der Waals surface area contributed by atoms with Gasteiger partial charge in [-0.15, -0.1) is 0 Å². The fourth-order valence-corrected chi connectivity index (χ4v) is 2.59. The van der Waals surface area contributed by atoms with Gasteiger partial charge >= 0.3 is 0 Å². The Morgan fingerprint density at radius 1 is 1.10 bits per heavy atom. The number of anilines is 1. The van der Waals surface area contributed by atoms with Crippen LogP contribution in [0.15, 0.2) is 53.0 Å². The van der Waals surface area contributed by atoms with Crippen molar-refractivity contribution in [3.05, 3.63) is 64.4 Å². The number of hydrogen-bond acceptors (Lipinski definition) is 1. The van der Waals surface area contributed by atoms with Crippen molar-refractivity contribution >= 4 is 21.6 Å². The Morgan fingerprint density at radius 3 is 2.45 bits per heavy atom. The zero-order chi connectivity index (χ0) is 14.4. The van der Waals surface area contributed by atoms with Crippen LogP contribution in [0, 0.1) is 5.82 Å². The molecule has 0 bridgehead atoms. The van der Waals surface area contributed by atoms with Crippen molar-refractivity contribution in [2.24, 2.45) is 0 Å². The predicted octanol–water partition coefficient (Wildman–Crippen LogP) is 5.93. The molecule has 106 valence electrons. The van der Waals surface area contributed by atoms with E-state index in [1.165, 1.54) is 12.1 Å². The minimum absolute atomic E-state index is 0.191. The van der Waals surface area contributed by atoms with Gasteiger partial charge in [0, 0.05) is 10.2 Å². The molecule has 1 unspecified atom stereocenters. The number of para-hydroxylation sites is 1. The Hall–Kier alpha value is -1.35. The summed E-state index contributed by atoms with van der Waals surface area (Å²) in [5.41, 5.74) is 2.19. The summed E-state index contributed by atoms with van der Waals surface area (Å²) in [6.07, 6.45) is 3.32. The average molecular weight is 336 g/mol. The fraction of sp³-hybridized carbons (Fsp3) is 0.294. The van der Waals surface area contributed by atoms with Crippen LogP contribution in [0.5, 0.6) is 0 Å². The third kappa shape index (κ3) is 4.07. The summed E-state index contributed by atoms with van der Waals surface area (Å²) in [4.78, 5) is 0. The van der Waals surface area contributed by atoms with Gasteiger partial charge in [-0.2, -0.15) is 0 Å². The molecule has 0 saturated carbocycles. The number of halogens is 2. The Labute approximate surface area is 128 Å². The minimum atomic E-state index is -0.191. The topological polar surface area (TPSA) is 12.0 Å². The maximum atomic E-state index is 13.1. The molecule has 1 atom stereocenters. The number of benzene rings is 2. The van der Waals surface area contributed by atoms with Crippen molar-refractivity contribution in [3.63, 3.8) is 0 Å². The van der Waals surface area contributed by atoms with Gasteiger partial charge in [0.2, 0.25) is 0 Å². The van der Waals surface area contributed by atoms with Crippen molar-refractivity contribution in [2.45, 2.75) is 32.2 Å². The third-order valence-corrected chi connectivity index (χ3v) is 4.01. The predicted molar refractivity (Wildman–Crippen MR) is 86.4 cm³/mol. The molecule has 1 N–H and O–H groups in total. The molecule has 0 spiro atoms. The van der Waals surface area contributed by atoms with E-state index in [4.69, 9.17) is 0 Å². The largest absolute Gasteiger partial charge is 0.377 e.